The van der Waals surface area contributed by atoms with Crippen LogP contribution in [0.5, 0.6) is 0 Å². The molecule has 0 bridgehead atoms. The summed E-state index contributed by atoms with van der Waals surface area (Å²) in [6.07, 6.45) is 0.267. The van der Waals surface area contributed by atoms with E-state index in [1.54, 1.807) is 0 Å². The van der Waals surface area contributed by atoms with E-state index in [0.29, 0.717) is 13.0 Å². The number of rotatable bonds is 7. The normalized spacial score (nSPS) is 14.0. The molecule has 0 fully saturated rings. The monoisotopic (exact) mass is 236 g/mol. The zero-order valence-corrected chi connectivity index (χ0v) is 9.52. The van der Waals surface area contributed by atoms with E-state index < -0.39 is 24.1 Å². The fourth-order valence-corrected chi connectivity index (χ4v) is 0.773. The number of carbonyl (C=O) groups excluding carboxylic acids is 2. The number of carbonyl (C=O) groups is 2. The van der Waals surface area contributed by atoms with E-state index >= 15 is 0 Å². The third-order valence-corrected chi connectivity index (χ3v) is 1.37. The van der Waals surface area contributed by atoms with Crippen LogP contribution in [0, 0.1) is 0 Å². The number of hydrogen-bond donors (Lipinski definition) is 1. The highest BCUT2D eigenvalue weighted by Crippen LogP contribution is 2.12. The Labute approximate surface area is 93.1 Å². The lowest BCUT2D eigenvalue weighted by molar-refractivity contribution is -0.459. The van der Waals surface area contributed by atoms with Gasteiger partial charge in [-0.1, -0.05) is 6.92 Å². The van der Waals surface area contributed by atoms with Gasteiger partial charge in [-0.05, 0) is 13.3 Å². The molecule has 7 heteroatoms. The van der Waals surface area contributed by atoms with Crippen LogP contribution in [0.4, 0.5) is 0 Å². The summed E-state index contributed by atoms with van der Waals surface area (Å²) < 4.78 is 4.97. The Hall–Kier alpha value is -1.18. The van der Waals surface area contributed by atoms with Crippen LogP contribution in [0.15, 0.2) is 0 Å². The first-order valence-corrected chi connectivity index (χ1v) is 4.78. The minimum absolute atomic E-state index is 0.311. The summed E-state index contributed by atoms with van der Waals surface area (Å²) in [6, 6.07) is 0. The maximum Gasteiger partial charge on any atom is 0.352 e. The summed E-state index contributed by atoms with van der Waals surface area (Å²) in [4.78, 5) is 29.2. The van der Waals surface area contributed by atoms with Gasteiger partial charge in [-0.3, -0.25) is 9.78 Å². The molecule has 0 aromatic rings. The van der Waals surface area contributed by atoms with Crippen molar-refractivity contribution in [3.05, 3.63) is 0 Å². The molecule has 1 N–H and O–H groups in total. The number of hydrogen-bond acceptors (Lipinski definition) is 7. The van der Waals surface area contributed by atoms with Crippen molar-refractivity contribution in [2.75, 3.05) is 6.61 Å². The summed E-state index contributed by atoms with van der Waals surface area (Å²) in [5.74, 6) is -3.31. The van der Waals surface area contributed by atoms with Crippen molar-refractivity contribution in [3.63, 3.8) is 0 Å². The van der Waals surface area contributed by atoms with Crippen molar-refractivity contribution in [2.24, 2.45) is 0 Å². The highest BCUT2D eigenvalue weighted by atomic mass is 17.5. The lowest BCUT2D eigenvalue weighted by Crippen LogP contribution is -2.32. The number of aliphatic hydroxyl groups is 1. The molecule has 0 radical (unpaired) electrons. The molecule has 0 aromatic heterocycles. The van der Waals surface area contributed by atoms with E-state index in [1.165, 1.54) is 6.92 Å². The van der Waals surface area contributed by atoms with Gasteiger partial charge in [-0.25, -0.2) is 9.59 Å². The molecule has 7 nitrogen and oxygen atoms in total. The maximum absolute atomic E-state index is 11.0. The van der Waals surface area contributed by atoms with Gasteiger partial charge in [0.2, 0.25) is 0 Å². The average molecular weight is 236 g/mol. The molecule has 0 aliphatic rings. The standard InChI is InChI=1S/C9H16O7/c1-4-5-13-9(3,12)6-8(11)15-16-14-7(2)10/h12H,4-6H2,1-3H3. The molecule has 1 atom stereocenters. The van der Waals surface area contributed by atoms with Crippen molar-refractivity contribution < 1.29 is 34.2 Å². The fraction of sp³-hybridized carbons (Fsp3) is 0.778. The summed E-state index contributed by atoms with van der Waals surface area (Å²) in [6.45, 7) is 4.56. The second kappa shape index (κ2) is 7.15. The molecular formula is C9H16O7. The minimum Gasteiger partial charge on any atom is -0.365 e. The summed E-state index contributed by atoms with van der Waals surface area (Å²) in [7, 11) is 0. The predicted molar refractivity (Wildman–Crippen MR) is 50.4 cm³/mol. The third kappa shape index (κ3) is 8.16. The minimum atomic E-state index is -1.63. The molecule has 1 unspecified atom stereocenters. The lowest BCUT2D eigenvalue weighted by atomic mass is 10.2. The van der Waals surface area contributed by atoms with E-state index in [1.807, 2.05) is 6.92 Å². The molecule has 0 spiro atoms. The maximum atomic E-state index is 11.0. The highest BCUT2D eigenvalue weighted by molar-refractivity contribution is 5.69. The van der Waals surface area contributed by atoms with Gasteiger partial charge in [0.25, 0.3) is 0 Å². The van der Waals surface area contributed by atoms with E-state index in [4.69, 9.17) is 4.74 Å². The Morgan fingerprint density at radius 3 is 2.44 bits per heavy atom. The molecular weight excluding hydrogens is 220 g/mol. The van der Waals surface area contributed by atoms with Crippen LogP contribution in [0.25, 0.3) is 0 Å². The van der Waals surface area contributed by atoms with Crippen LogP contribution in [0.2, 0.25) is 0 Å². The third-order valence-electron chi connectivity index (χ3n) is 1.37. The van der Waals surface area contributed by atoms with Crippen LogP contribution < -0.4 is 0 Å². The Bertz CT molecular complexity index is 236. The quantitative estimate of drug-likeness (QED) is 0.390. The molecule has 0 aliphatic carbocycles. The predicted octanol–water partition coefficient (Wildman–Crippen LogP) is 0.464. The molecule has 94 valence electrons. The van der Waals surface area contributed by atoms with Gasteiger partial charge < -0.3 is 9.84 Å². The smallest absolute Gasteiger partial charge is 0.352 e. The molecule has 0 heterocycles. The van der Waals surface area contributed by atoms with Gasteiger partial charge in [0, 0.05) is 18.6 Å². The van der Waals surface area contributed by atoms with Crippen LogP contribution in [0.3, 0.4) is 0 Å². The van der Waals surface area contributed by atoms with Gasteiger partial charge in [-0.15, -0.1) is 0 Å². The molecule has 0 saturated carbocycles. The van der Waals surface area contributed by atoms with E-state index in [0.717, 1.165) is 6.92 Å². The first kappa shape index (κ1) is 14.8. The van der Waals surface area contributed by atoms with Crippen LogP contribution >= 0.6 is 0 Å². The van der Waals surface area contributed by atoms with Crippen molar-refractivity contribution >= 4 is 11.9 Å². The molecule has 16 heavy (non-hydrogen) atoms. The van der Waals surface area contributed by atoms with E-state index in [-0.39, 0.29) is 0 Å². The van der Waals surface area contributed by atoms with Crippen molar-refractivity contribution in [2.45, 2.75) is 39.4 Å². The fourth-order valence-electron chi connectivity index (χ4n) is 0.773. The van der Waals surface area contributed by atoms with E-state index in [2.05, 4.69) is 14.8 Å². The zero-order chi connectivity index (χ0) is 12.6. The molecule has 0 saturated heterocycles. The van der Waals surface area contributed by atoms with Crippen molar-refractivity contribution in [1.82, 2.24) is 0 Å². The highest BCUT2D eigenvalue weighted by Gasteiger charge is 2.26. The van der Waals surface area contributed by atoms with Crippen LogP contribution in [0.1, 0.15) is 33.6 Å². The lowest BCUT2D eigenvalue weighted by Gasteiger charge is -2.21. The summed E-state index contributed by atoms with van der Waals surface area (Å²) in [5.41, 5.74) is 0. The van der Waals surface area contributed by atoms with Gasteiger partial charge in [-0.2, -0.15) is 0 Å². The Balaban J connectivity index is 3.80. The Morgan fingerprint density at radius 2 is 1.94 bits per heavy atom. The van der Waals surface area contributed by atoms with E-state index in [9.17, 15) is 14.7 Å². The molecule has 0 aromatic carbocycles. The summed E-state index contributed by atoms with van der Waals surface area (Å²) >= 11 is 0. The molecule has 0 rings (SSSR count). The second-order valence-electron chi connectivity index (χ2n) is 3.30. The first-order valence-electron chi connectivity index (χ1n) is 4.78. The Morgan fingerprint density at radius 1 is 1.31 bits per heavy atom. The van der Waals surface area contributed by atoms with Gasteiger partial charge in [0.05, 0.1) is 0 Å². The van der Waals surface area contributed by atoms with Crippen LogP contribution in [-0.2, 0) is 29.1 Å². The van der Waals surface area contributed by atoms with Crippen molar-refractivity contribution in [3.8, 4) is 0 Å². The van der Waals surface area contributed by atoms with Gasteiger partial charge in [0.15, 0.2) is 5.79 Å². The number of ether oxygens (including phenoxy) is 1. The Kier molecular flexibility index (Phi) is 6.63. The van der Waals surface area contributed by atoms with Gasteiger partial charge >= 0.3 is 11.9 Å². The first-order chi connectivity index (χ1) is 7.37. The topological polar surface area (TPSA) is 91.3 Å². The van der Waals surface area contributed by atoms with Crippen molar-refractivity contribution in [1.29, 1.82) is 0 Å². The van der Waals surface area contributed by atoms with Gasteiger partial charge in [0.1, 0.15) is 6.42 Å². The summed E-state index contributed by atoms with van der Waals surface area (Å²) in [5, 5.41) is 13.4. The molecule has 0 aliphatic heterocycles. The SMILES string of the molecule is CCCOC(C)(O)CC(=O)OOOC(C)=O. The van der Waals surface area contributed by atoms with Crippen LogP contribution in [-0.4, -0.2) is 29.4 Å². The largest absolute Gasteiger partial charge is 0.365 e. The average Bonchev–Trinajstić information content (AvgIpc) is 2.13. The zero-order valence-electron chi connectivity index (χ0n) is 9.52. The second-order valence-corrected chi connectivity index (χ2v) is 3.30. The molecule has 0 amide bonds.